The Labute approximate surface area is 104 Å². The smallest absolute Gasteiger partial charge is 0.126 e. The normalized spacial score (nSPS) is 15.8. The van der Waals surface area contributed by atoms with Crippen LogP contribution in [0.3, 0.4) is 0 Å². The molecule has 0 atom stereocenters. The monoisotopic (exact) mass is 223 g/mol. The summed E-state index contributed by atoms with van der Waals surface area (Å²) in [6, 6.07) is 13.1. The Morgan fingerprint density at radius 2 is 1.76 bits per heavy atom. The first-order valence-electron chi connectivity index (χ1n) is 6.04. The van der Waals surface area contributed by atoms with Gasteiger partial charge in [-0.05, 0) is 31.0 Å². The molecule has 0 unspecified atom stereocenters. The van der Waals surface area contributed by atoms with Gasteiger partial charge in [-0.3, -0.25) is 0 Å². The minimum Gasteiger partial charge on any atom is -0.367 e. The molecule has 2 aromatic rings. The first-order chi connectivity index (χ1) is 7.92. The Morgan fingerprint density at radius 3 is 2.59 bits per heavy atom. The van der Waals surface area contributed by atoms with Crippen LogP contribution in [0.1, 0.15) is 25.7 Å². The number of aromatic nitrogens is 1. The van der Waals surface area contributed by atoms with E-state index in [4.69, 9.17) is 0 Å². The van der Waals surface area contributed by atoms with Crippen LogP contribution in [0.5, 0.6) is 0 Å². The summed E-state index contributed by atoms with van der Waals surface area (Å²) in [6.45, 7) is 0. The third-order valence-corrected chi connectivity index (χ3v) is 3.31. The van der Waals surface area contributed by atoms with Crippen molar-refractivity contribution in [2.75, 3.05) is 5.32 Å². The van der Waals surface area contributed by atoms with Crippen molar-refractivity contribution < 1.29 is 0 Å². The van der Waals surface area contributed by atoms with Gasteiger partial charge in [-0.15, -0.1) is 0 Å². The maximum Gasteiger partial charge on any atom is 0.126 e. The molecule has 3 rings (SSSR count). The summed E-state index contributed by atoms with van der Waals surface area (Å²) in [5.41, 5.74) is 1.07. The summed E-state index contributed by atoms with van der Waals surface area (Å²) < 4.78 is 0. The highest BCUT2D eigenvalue weighted by Gasteiger charge is 2.14. The van der Waals surface area contributed by atoms with Gasteiger partial charge in [0.2, 0.25) is 0 Å². The third kappa shape index (κ3) is 2.60. The predicted molar refractivity (Wildman–Crippen MR) is 73.4 cm³/mol. The second-order valence-electron chi connectivity index (χ2n) is 4.51. The van der Waals surface area contributed by atoms with Gasteiger partial charge in [-0.2, -0.15) is 0 Å². The van der Waals surface area contributed by atoms with Crippen LogP contribution >= 0.6 is 0 Å². The summed E-state index contributed by atoms with van der Waals surface area (Å²) in [7, 11) is 0. The predicted octanol–water partition coefficient (Wildman–Crippen LogP) is 3.21. The van der Waals surface area contributed by atoms with E-state index in [-0.39, 0.29) is 8.41 Å². The maximum absolute atomic E-state index is 4.63. The molecule has 17 heavy (non-hydrogen) atoms. The van der Waals surface area contributed by atoms with E-state index in [9.17, 15) is 0 Å². The Morgan fingerprint density at radius 1 is 1.00 bits per heavy atom. The number of nitrogens with zero attached hydrogens (tertiary/aromatic N) is 1. The molecule has 1 aromatic heterocycles. The van der Waals surface area contributed by atoms with E-state index < -0.39 is 0 Å². The molecule has 1 heterocycles. The summed E-state index contributed by atoms with van der Waals surface area (Å²) >= 11 is 0. The summed E-state index contributed by atoms with van der Waals surface area (Å²) in [6.07, 6.45) is 5.28. The number of anilines is 1. The molecular formula is C14H16BN2. The minimum absolute atomic E-state index is 0. The lowest BCUT2D eigenvalue weighted by atomic mass is 10.2. The fourth-order valence-electron chi connectivity index (χ4n) is 2.43. The van der Waals surface area contributed by atoms with E-state index >= 15 is 0 Å². The van der Waals surface area contributed by atoms with Crippen LogP contribution in [0.25, 0.3) is 10.9 Å². The molecule has 2 nitrogen and oxygen atoms in total. The fraction of sp³-hybridized carbons (Fsp3) is 0.357. The number of hydrogen-bond donors (Lipinski definition) is 1. The molecular weight excluding hydrogens is 207 g/mol. The molecule has 0 bridgehead atoms. The zero-order chi connectivity index (χ0) is 10.8. The number of pyridine rings is 1. The van der Waals surface area contributed by atoms with Crippen molar-refractivity contribution in [2.45, 2.75) is 31.7 Å². The van der Waals surface area contributed by atoms with Gasteiger partial charge < -0.3 is 5.32 Å². The molecule has 0 amide bonds. The summed E-state index contributed by atoms with van der Waals surface area (Å²) in [5, 5.41) is 4.73. The molecule has 1 N–H and O–H groups in total. The van der Waals surface area contributed by atoms with Crippen LogP contribution in [-0.2, 0) is 0 Å². The van der Waals surface area contributed by atoms with E-state index in [1.165, 1.54) is 31.1 Å². The minimum atomic E-state index is 0. The van der Waals surface area contributed by atoms with Crippen molar-refractivity contribution in [1.82, 2.24) is 4.98 Å². The Bertz CT molecular complexity index is 492. The Balaban J connectivity index is 0.00000108. The lowest BCUT2D eigenvalue weighted by molar-refractivity contribution is 0.751. The number of fused-ring (bicyclic) bond motifs is 1. The molecule has 1 aliphatic carbocycles. The van der Waals surface area contributed by atoms with Gasteiger partial charge in [0, 0.05) is 19.8 Å². The molecule has 3 radical (unpaired) electrons. The summed E-state index contributed by atoms with van der Waals surface area (Å²) in [4.78, 5) is 4.63. The Kier molecular flexibility index (Phi) is 3.67. The number of nitrogens with one attached hydrogen (secondary N) is 1. The first-order valence-corrected chi connectivity index (χ1v) is 6.04. The summed E-state index contributed by atoms with van der Waals surface area (Å²) in [5.74, 6) is 1.02. The van der Waals surface area contributed by atoms with Crippen molar-refractivity contribution in [1.29, 1.82) is 0 Å². The van der Waals surface area contributed by atoms with Gasteiger partial charge in [-0.1, -0.05) is 31.0 Å². The van der Waals surface area contributed by atoms with E-state index in [0.29, 0.717) is 6.04 Å². The van der Waals surface area contributed by atoms with Crippen molar-refractivity contribution in [3.63, 3.8) is 0 Å². The van der Waals surface area contributed by atoms with Crippen molar-refractivity contribution in [3.8, 4) is 0 Å². The second kappa shape index (κ2) is 5.22. The zero-order valence-electron chi connectivity index (χ0n) is 9.89. The topological polar surface area (TPSA) is 24.9 Å². The van der Waals surface area contributed by atoms with Crippen LogP contribution in [0, 0.1) is 0 Å². The highest BCUT2D eigenvalue weighted by atomic mass is 15.0. The number of rotatable bonds is 2. The molecule has 1 saturated carbocycles. The van der Waals surface area contributed by atoms with Crippen molar-refractivity contribution >= 4 is 25.1 Å². The second-order valence-corrected chi connectivity index (χ2v) is 4.51. The van der Waals surface area contributed by atoms with Crippen molar-refractivity contribution in [2.24, 2.45) is 0 Å². The maximum atomic E-state index is 4.63. The van der Waals surface area contributed by atoms with E-state index in [2.05, 4.69) is 34.6 Å². The van der Waals surface area contributed by atoms with Gasteiger partial charge in [-0.25, -0.2) is 4.98 Å². The molecule has 1 fully saturated rings. The number of benzene rings is 1. The lowest BCUT2D eigenvalue weighted by Gasteiger charge is -2.12. The van der Waals surface area contributed by atoms with Gasteiger partial charge in [0.05, 0.1) is 5.52 Å². The SMILES string of the molecule is [B].c1ccc2nc(NC3CCCC3)ccc2c1. The van der Waals surface area contributed by atoms with Gasteiger partial charge in [0.15, 0.2) is 0 Å². The van der Waals surface area contributed by atoms with Crippen LogP contribution in [0.4, 0.5) is 5.82 Å². The van der Waals surface area contributed by atoms with E-state index in [1.54, 1.807) is 0 Å². The van der Waals surface area contributed by atoms with Gasteiger partial charge >= 0.3 is 0 Å². The molecule has 1 aromatic carbocycles. The third-order valence-electron chi connectivity index (χ3n) is 3.31. The van der Waals surface area contributed by atoms with Crippen LogP contribution in [0.2, 0.25) is 0 Å². The van der Waals surface area contributed by atoms with Crippen molar-refractivity contribution in [3.05, 3.63) is 36.4 Å². The lowest BCUT2D eigenvalue weighted by Crippen LogP contribution is -2.15. The van der Waals surface area contributed by atoms with Crippen LogP contribution in [-0.4, -0.2) is 19.4 Å². The average Bonchev–Trinajstić information content (AvgIpc) is 2.82. The highest BCUT2D eigenvalue weighted by molar-refractivity contribution is 5.80. The molecule has 0 spiro atoms. The standard InChI is InChI=1S/C14H16N2.B/c1-4-8-13-11(5-1)9-10-14(16-13)15-12-6-2-3-7-12;/h1,4-5,8-10,12H,2-3,6-7H2,(H,15,16);. The average molecular weight is 223 g/mol. The molecule has 1 aliphatic rings. The van der Waals surface area contributed by atoms with E-state index in [0.717, 1.165) is 11.3 Å². The number of para-hydroxylation sites is 1. The highest BCUT2D eigenvalue weighted by Crippen LogP contribution is 2.22. The van der Waals surface area contributed by atoms with Crippen LogP contribution < -0.4 is 5.32 Å². The van der Waals surface area contributed by atoms with Crippen LogP contribution in [0.15, 0.2) is 36.4 Å². The Hall–Kier alpha value is -1.51. The molecule has 0 saturated heterocycles. The molecule has 3 heteroatoms. The molecule has 0 aliphatic heterocycles. The fourth-order valence-corrected chi connectivity index (χ4v) is 2.43. The zero-order valence-corrected chi connectivity index (χ0v) is 9.89. The molecule has 85 valence electrons. The first kappa shape index (κ1) is 12.0. The van der Waals surface area contributed by atoms with Gasteiger partial charge in [0.25, 0.3) is 0 Å². The number of hydrogen-bond acceptors (Lipinski definition) is 2. The van der Waals surface area contributed by atoms with E-state index in [1.807, 2.05) is 12.1 Å². The van der Waals surface area contributed by atoms with Gasteiger partial charge in [0.1, 0.15) is 5.82 Å². The quantitative estimate of drug-likeness (QED) is 0.790. The largest absolute Gasteiger partial charge is 0.367 e.